The van der Waals surface area contributed by atoms with Gasteiger partial charge in [0.25, 0.3) is 11.8 Å². The van der Waals surface area contributed by atoms with Crippen LogP contribution in [0.15, 0.2) is 54.6 Å². The Morgan fingerprint density at radius 1 is 0.893 bits per heavy atom. The number of nitrogens with one attached hydrogen (secondary N) is 2. The smallest absolute Gasteiger partial charge is 0.258 e. The van der Waals surface area contributed by atoms with Gasteiger partial charge in [-0.2, -0.15) is 0 Å². The Labute approximate surface area is 172 Å². The first kappa shape index (κ1) is 18.7. The zero-order valence-electron chi connectivity index (χ0n) is 15.1. The quantitative estimate of drug-likeness (QED) is 0.572. The zero-order chi connectivity index (χ0) is 19.5. The highest BCUT2D eigenvalue weighted by atomic mass is 35.5. The van der Waals surface area contributed by atoms with Crippen molar-refractivity contribution < 1.29 is 9.59 Å². The van der Waals surface area contributed by atoms with Gasteiger partial charge in [0.15, 0.2) is 0 Å². The largest absolute Gasteiger partial charge is 0.322 e. The number of thiophene rings is 1. The monoisotopic (exact) mass is 410 g/mol. The molecule has 1 heterocycles. The van der Waals surface area contributed by atoms with Crippen LogP contribution in [0.2, 0.25) is 5.02 Å². The highest BCUT2D eigenvalue weighted by Crippen LogP contribution is 2.38. The van der Waals surface area contributed by atoms with Crippen LogP contribution >= 0.6 is 22.9 Å². The second-order valence-corrected chi connectivity index (χ2v) is 8.24. The second-order valence-electron chi connectivity index (χ2n) is 6.70. The molecule has 0 radical (unpaired) electrons. The third kappa shape index (κ3) is 3.96. The van der Waals surface area contributed by atoms with Gasteiger partial charge in [0.1, 0.15) is 5.00 Å². The van der Waals surface area contributed by atoms with Crippen LogP contribution in [0.4, 0.5) is 10.7 Å². The normalized spacial score (nSPS) is 12.9. The predicted octanol–water partition coefficient (Wildman–Crippen LogP) is 5.78. The van der Waals surface area contributed by atoms with E-state index in [4.69, 9.17) is 11.6 Å². The van der Waals surface area contributed by atoms with E-state index in [0.717, 1.165) is 36.9 Å². The fourth-order valence-corrected chi connectivity index (χ4v) is 4.89. The molecule has 2 amide bonds. The lowest BCUT2D eigenvalue weighted by molar-refractivity contribution is 0.102. The minimum absolute atomic E-state index is 0.188. The first-order chi connectivity index (χ1) is 13.6. The summed E-state index contributed by atoms with van der Waals surface area (Å²) < 4.78 is 0. The number of hydrogen-bond donors (Lipinski definition) is 2. The molecule has 0 spiro atoms. The Balaban J connectivity index is 1.66. The van der Waals surface area contributed by atoms with Crippen molar-refractivity contribution in [1.82, 2.24) is 0 Å². The SMILES string of the molecule is O=C(Nc1sc2c(c1C(=O)Nc1ccccc1)CCCC2)c1cccc(Cl)c1. The molecule has 4 rings (SSSR count). The van der Waals surface area contributed by atoms with Crippen molar-refractivity contribution in [3.63, 3.8) is 0 Å². The molecule has 28 heavy (non-hydrogen) atoms. The van der Waals surface area contributed by atoms with E-state index in [1.807, 2.05) is 30.3 Å². The summed E-state index contributed by atoms with van der Waals surface area (Å²) >= 11 is 7.51. The Hall–Kier alpha value is -2.63. The number of anilines is 2. The lowest BCUT2D eigenvalue weighted by atomic mass is 9.95. The van der Waals surface area contributed by atoms with Crippen LogP contribution < -0.4 is 10.6 Å². The maximum absolute atomic E-state index is 13.1. The number of aryl methyl sites for hydroxylation is 1. The first-order valence-corrected chi connectivity index (χ1v) is 10.4. The molecular formula is C22H19ClN2O2S. The number of hydrogen-bond acceptors (Lipinski definition) is 3. The van der Waals surface area contributed by atoms with Gasteiger partial charge in [-0.05, 0) is 61.6 Å². The fraction of sp³-hybridized carbons (Fsp3) is 0.182. The van der Waals surface area contributed by atoms with E-state index in [1.165, 1.54) is 16.2 Å². The Morgan fingerprint density at radius 2 is 1.68 bits per heavy atom. The van der Waals surface area contributed by atoms with E-state index in [1.54, 1.807) is 24.3 Å². The van der Waals surface area contributed by atoms with E-state index < -0.39 is 0 Å². The summed E-state index contributed by atoms with van der Waals surface area (Å²) in [5.41, 5.74) is 2.84. The number of carbonyl (C=O) groups is 2. The van der Waals surface area contributed by atoms with Crippen molar-refractivity contribution >= 4 is 45.4 Å². The Kier molecular flexibility index (Phi) is 5.46. The number of benzene rings is 2. The molecule has 0 unspecified atom stereocenters. The van der Waals surface area contributed by atoms with Gasteiger partial charge in [0.2, 0.25) is 0 Å². The molecule has 6 heteroatoms. The van der Waals surface area contributed by atoms with Crippen molar-refractivity contribution in [3.05, 3.63) is 81.2 Å². The molecule has 1 aromatic heterocycles. The summed E-state index contributed by atoms with van der Waals surface area (Å²) in [5.74, 6) is -0.457. The van der Waals surface area contributed by atoms with Crippen LogP contribution in [0, 0.1) is 0 Å². The van der Waals surface area contributed by atoms with E-state index in [-0.39, 0.29) is 11.8 Å². The molecule has 0 saturated heterocycles. The number of fused-ring (bicyclic) bond motifs is 1. The molecule has 0 fully saturated rings. The van der Waals surface area contributed by atoms with Gasteiger partial charge in [-0.15, -0.1) is 11.3 Å². The van der Waals surface area contributed by atoms with Gasteiger partial charge in [-0.1, -0.05) is 35.9 Å². The molecule has 1 aliphatic rings. The molecule has 0 atom stereocenters. The van der Waals surface area contributed by atoms with E-state index >= 15 is 0 Å². The molecular weight excluding hydrogens is 392 g/mol. The lowest BCUT2D eigenvalue weighted by Crippen LogP contribution is -2.18. The minimum Gasteiger partial charge on any atom is -0.322 e. The molecule has 2 N–H and O–H groups in total. The topological polar surface area (TPSA) is 58.2 Å². The van der Waals surface area contributed by atoms with Crippen molar-refractivity contribution in [3.8, 4) is 0 Å². The molecule has 142 valence electrons. The average Bonchev–Trinajstić information content (AvgIpc) is 3.06. The number of rotatable bonds is 4. The van der Waals surface area contributed by atoms with Crippen LogP contribution in [0.3, 0.4) is 0 Å². The van der Waals surface area contributed by atoms with E-state index in [2.05, 4.69) is 10.6 Å². The van der Waals surface area contributed by atoms with Gasteiger partial charge in [0, 0.05) is 21.2 Å². The third-order valence-electron chi connectivity index (χ3n) is 4.74. The summed E-state index contributed by atoms with van der Waals surface area (Å²) in [6, 6.07) is 16.1. The van der Waals surface area contributed by atoms with Crippen molar-refractivity contribution in [1.29, 1.82) is 0 Å². The fourth-order valence-electron chi connectivity index (χ4n) is 3.41. The minimum atomic E-state index is -0.269. The van der Waals surface area contributed by atoms with Crippen LogP contribution in [-0.2, 0) is 12.8 Å². The predicted molar refractivity (Wildman–Crippen MR) is 115 cm³/mol. The number of carbonyl (C=O) groups excluding carboxylic acids is 2. The number of amides is 2. The van der Waals surface area contributed by atoms with Gasteiger partial charge in [-0.25, -0.2) is 0 Å². The van der Waals surface area contributed by atoms with Crippen molar-refractivity contribution in [2.75, 3.05) is 10.6 Å². The summed E-state index contributed by atoms with van der Waals surface area (Å²) in [6.45, 7) is 0. The average molecular weight is 411 g/mol. The van der Waals surface area contributed by atoms with Crippen molar-refractivity contribution in [2.45, 2.75) is 25.7 Å². The van der Waals surface area contributed by atoms with Crippen LogP contribution in [-0.4, -0.2) is 11.8 Å². The summed E-state index contributed by atoms with van der Waals surface area (Å²) in [5, 5.41) is 6.99. The van der Waals surface area contributed by atoms with Crippen LogP contribution in [0.1, 0.15) is 44.0 Å². The van der Waals surface area contributed by atoms with E-state index in [9.17, 15) is 9.59 Å². The van der Waals surface area contributed by atoms with Crippen LogP contribution in [0.25, 0.3) is 0 Å². The molecule has 4 nitrogen and oxygen atoms in total. The Morgan fingerprint density at radius 3 is 2.46 bits per heavy atom. The maximum atomic E-state index is 13.1. The first-order valence-electron chi connectivity index (χ1n) is 9.19. The molecule has 3 aromatic rings. The molecule has 0 bridgehead atoms. The lowest BCUT2D eigenvalue weighted by Gasteiger charge is -2.13. The summed E-state index contributed by atoms with van der Waals surface area (Å²) in [6.07, 6.45) is 3.96. The van der Waals surface area contributed by atoms with Crippen LogP contribution in [0.5, 0.6) is 0 Å². The third-order valence-corrected chi connectivity index (χ3v) is 6.19. The molecule has 0 saturated carbocycles. The summed E-state index contributed by atoms with van der Waals surface area (Å²) in [7, 11) is 0. The highest BCUT2D eigenvalue weighted by Gasteiger charge is 2.26. The van der Waals surface area contributed by atoms with E-state index in [0.29, 0.717) is 21.2 Å². The molecule has 1 aliphatic carbocycles. The number of halogens is 1. The molecule has 0 aliphatic heterocycles. The Bertz CT molecular complexity index is 1030. The van der Waals surface area contributed by atoms with Gasteiger partial charge in [-0.3, -0.25) is 9.59 Å². The van der Waals surface area contributed by atoms with Gasteiger partial charge in [0.05, 0.1) is 5.56 Å². The van der Waals surface area contributed by atoms with Gasteiger partial charge >= 0.3 is 0 Å². The maximum Gasteiger partial charge on any atom is 0.258 e. The standard InChI is InChI=1S/C22H19ClN2O2S/c23-15-8-6-7-14(13-15)20(26)25-22-19(17-11-4-5-12-18(17)28-22)21(27)24-16-9-2-1-3-10-16/h1-3,6-10,13H,4-5,11-12H2,(H,24,27)(H,25,26). The van der Waals surface area contributed by atoms with Gasteiger partial charge < -0.3 is 10.6 Å². The second kappa shape index (κ2) is 8.17. The molecule has 2 aromatic carbocycles. The summed E-state index contributed by atoms with van der Waals surface area (Å²) in [4.78, 5) is 27.0. The zero-order valence-corrected chi connectivity index (χ0v) is 16.7. The number of para-hydroxylation sites is 1. The van der Waals surface area contributed by atoms with Crippen molar-refractivity contribution in [2.24, 2.45) is 0 Å². The highest BCUT2D eigenvalue weighted by molar-refractivity contribution is 7.17.